The predicted octanol–water partition coefficient (Wildman–Crippen LogP) is 4.30. The molecular formula is C23H25N3OS. The quantitative estimate of drug-likeness (QED) is 0.777. The number of allylic oxidation sites excluding steroid dienone is 2. The zero-order valence-corrected chi connectivity index (χ0v) is 16.7. The first-order valence-corrected chi connectivity index (χ1v) is 10.9. The molecule has 0 bridgehead atoms. The molecule has 2 aliphatic heterocycles. The van der Waals surface area contributed by atoms with E-state index in [1.807, 2.05) is 12.3 Å². The lowest BCUT2D eigenvalue weighted by Crippen LogP contribution is -2.36. The van der Waals surface area contributed by atoms with Crippen molar-refractivity contribution >= 4 is 11.3 Å². The van der Waals surface area contributed by atoms with Crippen molar-refractivity contribution in [1.82, 2.24) is 14.8 Å². The molecule has 2 atom stereocenters. The van der Waals surface area contributed by atoms with E-state index in [0.29, 0.717) is 5.92 Å². The Morgan fingerprint density at radius 3 is 2.93 bits per heavy atom. The Morgan fingerprint density at radius 2 is 2.00 bits per heavy atom. The van der Waals surface area contributed by atoms with Gasteiger partial charge in [0, 0.05) is 49.6 Å². The molecule has 2 aromatic rings. The molecule has 0 radical (unpaired) electrons. The van der Waals surface area contributed by atoms with Crippen molar-refractivity contribution < 1.29 is 4.74 Å². The minimum Gasteiger partial charge on any atom is -0.491 e. The molecule has 1 fully saturated rings. The number of hydrogen-bond acceptors (Lipinski definition) is 5. The summed E-state index contributed by atoms with van der Waals surface area (Å²) in [5.74, 6) is 0.394. The number of benzene rings is 1. The van der Waals surface area contributed by atoms with Gasteiger partial charge in [0.15, 0.2) is 0 Å². The van der Waals surface area contributed by atoms with E-state index in [2.05, 4.69) is 63.7 Å². The van der Waals surface area contributed by atoms with Crippen LogP contribution in [0.1, 0.15) is 12.1 Å². The Kier molecular flexibility index (Phi) is 5.02. The maximum atomic E-state index is 5.87. The Labute approximate surface area is 170 Å². The summed E-state index contributed by atoms with van der Waals surface area (Å²) >= 11 is 1.74. The number of ether oxygens (including phenoxy) is 1. The second-order valence-electron chi connectivity index (χ2n) is 7.57. The minimum atomic E-state index is 0.170. The molecule has 0 N–H and O–H groups in total. The summed E-state index contributed by atoms with van der Waals surface area (Å²) in [6.45, 7) is 5.24. The molecule has 3 aliphatic rings. The Bertz CT molecular complexity index is 902. The van der Waals surface area contributed by atoms with Crippen molar-refractivity contribution in [2.45, 2.75) is 19.1 Å². The molecule has 0 amide bonds. The molecular weight excluding hydrogens is 366 g/mol. The zero-order chi connectivity index (χ0) is 18.8. The summed E-state index contributed by atoms with van der Waals surface area (Å²) in [5.41, 5.74) is 3.72. The minimum absolute atomic E-state index is 0.170. The summed E-state index contributed by atoms with van der Waals surface area (Å²) in [5, 5.41) is 3.32. The van der Waals surface area contributed by atoms with Gasteiger partial charge in [-0.1, -0.05) is 42.5 Å². The lowest BCUT2D eigenvalue weighted by molar-refractivity contribution is 0.139. The lowest BCUT2D eigenvalue weighted by Gasteiger charge is -2.32. The molecule has 5 heteroatoms. The van der Waals surface area contributed by atoms with Gasteiger partial charge in [0.2, 0.25) is 0 Å². The van der Waals surface area contributed by atoms with E-state index in [1.165, 1.54) is 23.4 Å². The van der Waals surface area contributed by atoms with Crippen molar-refractivity contribution in [2.24, 2.45) is 5.92 Å². The van der Waals surface area contributed by atoms with Crippen molar-refractivity contribution in [1.29, 1.82) is 0 Å². The molecule has 144 valence electrons. The zero-order valence-electron chi connectivity index (χ0n) is 15.9. The normalized spacial score (nSPS) is 24.6. The van der Waals surface area contributed by atoms with E-state index in [4.69, 9.17) is 9.72 Å². The molecule has 1 aromatic heterocycles. The van der Waals surface area contributed by atoms with E-state index in [0.717, 1.165) is 37.7 Å². The Balaban J connectivity index is 1.22. The van der Waals surface area contributed by atoms with Crippen molar-refractivity contribution in [3.05, 3.63) is 77.7 Å². The van der Waals surface area contributed by atoms with Crippen molar-refractivity contribution in [2.75, 3.05) is 26.2 Å². The van der Waals surface area contributed by atoms with Gasteiger partial charge in [0.1, 0.15) is 11.1 Å². The second kappa shape index (κ2) is 7.94. The van der Waals surface area contributed by atoms with Crippen LogP contribution in [0.2, 0.25) is 0 Å². The highest BCUT2D eigenvalue weighted by Gasteiger charge is 2.32. The third kappa shape index (κ3) is 3.64. The van der Waals surface area contributed by atoms with E-state index < -0.39 is 0 Å². The predicted molar refractivity (Wildman–Crippen MR) is 114 cm³/mol. The average molecular weight is 392 g/mol. The molecule has 2 unspecified atom stereocenters. The first-order valence-electron chi connectivity index (χ1n) is 10.0. The number of thiazole rings is 1. The van der Waals surface area contributed by atoms with E-state index in [-0.39, 0.29) is 6.10 Å². The highest BCUT2D eigenvalue weighted by molar-refractivity contribution is 7.13. The first kappa shape index (κ1) is 17.7. The van der Waals surface area contributed by atoms with E-state index >= 15 is 0 Å². The molecule has 0 spiro atoms. The van der Waals surface area contributed by atoms with Crippen LogP contribution in [0.25, 0.3) is 10.6 Å². The fourth-order valence-electron chi connectivity index (χ4n) is 4.22. The van der Waals surface area contributed by atoms with Crippen LogP contribution in [0, 0.1) is 5.92 Å². The van der Waals surface area contributed by atoms with Gasteiger partial charge in [0.25, 0.3) is 0 Å². The van der Waals surface area contributed by atoms with Crippen LogP contribution in [-0.2, 0) is 11.3 Å². The lowest BCUT2D eigenvalue weighted by atomic mass is 9.95. The largest absolute Gasteiger partial charge is 0.491 e. The van der Waals surface area contributed by atoms with Crippen LogP contribution in [-0.4, -0.2) is 47.1 Å². The van der Waals surface area contributed by atoms with Gasteiger partial charge < -0.3 is 9.64 Å². The fraction of sp³-hybridized carbons (Fsp3) is 0.348. The Morgan fingerprint density at radius 1 is 1.07 bits per heavy atom. The van der Waals surface area contributed by atoms with Crippen LogP contribution >= 0.6 is 11.3 Å². The van der Waals surface area contributed by atoms with Gasteiger partial charge in [-0.15, -0.1) is 11.3 Å². The van der Waals surface area contributed by atoms with E-state index in [9.17, 15) is 0 Å². The van der Waals surface area contributed by atoms with Crippen LogP contribution in [0.15, 0.2) is 72.0 Å². The van der Waals surface area contributed by atoms with Crippen LogP contribution in [0.5, 0.6) is 0 Å². The number of nitrogens with zero attached hydrogens (tertiary/aromatic N) is 3. The number of rotatable bonds is 4. The van der Waals surface area contributed by atoms with Gasteiger partial charge in [0.05, 0.1) is 17.7 Å². The topological polar surface area (TPSA) is 28.6 Å². The number of hydrogen-bond donors (Lipinski definition) is 0. The number of fused-ring (bicyclic) bond motifs is 1. The molecule has 5 rings (SSSR count). The first-order chi connectivity index (χ1) is 13.9. The maximum absolute atomic E-state index is 5.87. The third-order valence-corrected chi connectivity index (χ3v) is 6.62. The highest BCUT2D eigenvalue weighted by Crippen LogP contribution is 2.31. The second-order valence-corrected chi connectivity index (χ2v) is 8.42. The summed E-state index contributed by atoms with van der Waals surface area (Å²) in [4.78, 5) is 9.93. The number of aromatic nitrogens is 1. The summed E-state index contributed by atoms with van der Waals surface area (Å²) < 4.78 is 5.87. The maximum Gasteiger partial charge on any atom is 0.147 e. The van der Waals surface area contributed by atoms with Gasteiger partial charge >= 0.3 is 0 Å². The van der Waals surface area contributed by atoms with Crippen molar-refractivity contribution in [3.63, 3.8) is 0 Å². The smallest absolute Gasteiger partial charge is 0.147 e. The van der Waals surface area contributed by atoms with Crippen LogP contribution in [0.4, 0.5) is 0 Å². The van der Waals surface area contributed by atoms with E-state index in [1.54, 1.807) is 11.3 Å². The Hall–Kier alpha value is -2.37. The SMILES string of the molecule is C1=CC2C=COC2C(N2CCCN(Cc3csc(-c4ccccc4)n3)CC2)=C1. The van der Waals surface area contributed by atoms with Gasteiger partial charge in [-0.3, -0.25) is 4.90 Å². The third-order valence-electron chi connectivity index (χ3n) is 5.68. The van der Waals surface area contributed by atoms with Gasteiger partial charge in [-0.2, -0.15) is 0 Å². The molecule has 1 aliphatic carbocycles. The molecule has 4 nitrogen and oxygen atoms in total. The summed E-state index contributed by atoms with van der Waals surface area (Å²) in [6, 6.07) is 10.5. The molecule has 1 saturated heterocycles. The highest BCUT2D eigenvalue weighted by atomic mass is 32.1. The average Bonchev–Trinajstić information content (AvgIpc) is 3.34. The standard InChI is InChI=1S/C23H25N3OS/c1-2-6-19(7-3-1)23-24-20(17-28-23)16-25-11-5-12-26(14-13-25)21-9-4-8-18-10-15-27-22(18)21/h1-4,6-10,15,17-18,22H,5,11-14,16H2. The molecule has 0 saturated carbocycles. The fourth-order valence-corrected chi connectivity index (χ4v) is 5.03. The monoisotopic (exact) mass is 391 g/mol. The van der Waals surface area contributed by atoms with Gasteiger partial charge in [-0.25, -0.2) is 4.98 Å². The van der Waals surface area contributed by atoms with Gasteiger partial charge in [-0.05, 0) is 18.6 Å². The molecule has 3 heterocycles. The van der Waals surface area contributed by atoms with Crippen LogP contribution < -0.4 is 0 Å². The molecule has 1 aromatic carbocycles. The van der Waals surface area contributed by atoms with Crippen molar-refractivity contribution in [3.8, 4) is 10.6 Å². The summed E-state index contributed by atoms with van der Waals surface area (Å²) in [7, 11) is 0. The van der Waals surface area contributed by atoms with Crippen LogP contribution in [0.3, 0.4) is 0 Å². The summed E-state index contributed by atoms with van der Waals surface area (Å²) in [6.07, 6.45) is 12.0. The molecule has 28 heavy (non-hydrogen) atoms.